The molecule has 23 heavy (non-hydrogen) atoms. The summed E-state index contributed by atoms with van der Waals surface area (Å²) in [6, 6.07) is 9.61. The summed E-state index contributed by atoms with van der Waals surface area (Å²) in [5.41, 5.74) is 1.47. The van der Waals surface area contributed by atoms with Crippen LogP contribution in [0.5, 0.6) is 5.75 Å². The van der Waals surface area contributed by atoms with E-state index >= 15 is 0 Å². The summed E-state index contributed by atoms with van der Waals surface area (Å²) in [4.78, 5) is 0. The molecule has 0 bridgehead atoms. The number of benzene rings is 1. The fourth-order valence-corrected chi connectivity index (χ4v) is 2.93. The summed E-state index contributed by atoms with van der Waals surface area (Å²) in [5, 5.41) is 9.20. The number of nitrogens with two attached hydrogens (primary N) is 1. The number of nitriles is 1. The lowest BCUT2D eigenvalue weighted by Crippen LogP contribution is -2.22. The maximum absolute atomic E-state index is 12.6. The molecule has 0 fully saturated rings. The minimum atomic E-state index is -4.83. The molecule has 1 unspecified atom stereocenters. The summed E-state index contributed by atoms with van der Waals surface area (Å²) in [7, 11) is 0.214. The Balaban J connectivity index is 2.53. The van der Waals surface area contributed by atoms with Gasteiger partial charge in [-0.2, -0.15) is 5.26 Å². The molecule has 1 aromatic heterocycles. The second-order valence-electron chi connectivity index (χ2n) is 4.61. The Morgan fingerprint density at radius 2 is 1.96 bits per heavy atom. The van der Waals surface area contributed by atoms with Crippen LogP contribution in [-0.4, -0.2) is 17.6 Å². The molecule has 2 aromatic rings. The standard InChI is InChI=1S/C14H13F3N3O2P/c1-20-10(8-18)4-5-11(20)9-3-6-13(23(2)22-19)12(7-9)21-14(15,16)17/h3-7H,19H2,1-2H3. The molecule has 0 radical (unpaired) electrons. The largest absolute Gasteiger partial charge is 0.573 e. The second-order valence-corrected chi connectivity index (χ2v) is 6.30. The number of ether oxygens (including phenoxy) is 1. The van der Waals surface area contributed by atoms with Crippen molar-refractivity contribution in [2.75, 3.05) is 6.66 Å². The first-order valence-electron chi connectivity index (χ1n) is 6.33. The van der Waals surface area contributed by atoms with Gasteiger partial charge in [0.05, 0.1) is 8.15 Å². The second kappa shape index (κ2) is 6.59. The van der Waals surface area contributed by atoms with Crippen LogP contribution < -0.4 is 15.9 Å². The zero-order chi connectivity index (χ0) is 17.2. The minimum absolute atomic E-state index is 0.235. The Labute approximate surface area is 131 Å². The van der Waals surface area contributed by atoms with E-state index in [1.165, 1.54) is 12.1 Å². The van der Waals surface area contributed by atoms with Crippen molar-refractivity contribution in [1.29, 1.82) is 5.26 Å². The highest BCUT2D eigenvalue weighted by atomic mass is 31.1. The SMILES string of the molecule is Cn1c(C#N)ccc1-c1ccc(P(C)ON)c(OC(F)(F)F)c1. The first kappa shape index (κ1) is 17.3. The predicted octanol–water partition coefficient (Wildman–Crippen LogP) is 3.00. The fourth-order valence-electron chi connectivity index (χ4n) is 2.11. The summed E-state index contributed by atoms with van der Waals surface area (Å²) < 4.78 is 48.2. The number of hydrogen-bond donors (Lipinski definition) is 1. The Hall–Kier alpha value is -2.07. The van der Waals surface area contributed by atoms with Gasteiger partial charge < -0.3 is 9.30 Å². The van der Waals surface area contributed by atoms with Crippen molar-refractivity contribution in [2.24, 2.45) is 12.9 Å². The van der Waals surface area contributed by atoms with Crippen molar-refractivity contribution in [3.8, 4) is 23.1 Å². The van der Waals surface area contributed by atoms with Crippen LogP contribution in [0.15, 0.2) is 30.3 Å². The molecule has 0 spiro atoms. The van der Waals surface area contributed by atoms with Gasteiger partial charge in [0.25, 0.3) is 0 Å². The monoisotopic (exact) mass is 343 g/mol. The lowest BCUT2D eigenvalue weighted by Gasteiger charge is -2.17. The Bertz CT molecular complexity index is 753. The first-order chi connectivity index (χ1) is 10.8. The molecule has 5 nitrogen and oxygen atoms in total. The summed E-state index contributed by atoms with van der Waals surface area (Å²) >= 11 is 0. The van der Waals surface area contributed by atoms with Crippen molar-refractivity contribution in [1.82, 2.24) is 4.57 Å². The van der Waals surface area contributed by atoms with Gasteiger partial charge in [-0.25, -0.2) is 5.90 Å². The fraction of sp³-hybridized carbons (Fsp3) is 0.214. The lowest BCUT2D eigenvalue weighted by atomic mass is 10.1. The number of halogens is 3. The van der Waals surface area contributed by atoms with Gasteiger partial charge in [-0.15, -0.1) is 13.2 Å². The average molecular weight is 343 g/mol. The third-order valence-electron chi connectivity index (χ3n) is 3.21. The van der Waals surface area contributed by atoms with Gasteiger partial charge >= 0.3 is 6.36 Å². The van der Waals surface area contributed by atoms with E-state index in [4.69, 9.17) is 11.2 Å². The van der Waals surface area contributed by atoms with Gasteiger partial charge in [0.1, 0.15) is 17.5 Å². The Morgan fingerprint density at radius 1 is 1.26 bits per heavy atom. The summed E-state index contributed by atoms with van der Waals surface area (Å²) in [6.45, 7) is 1.57. The predicted molar refractivity (Wildman–Crippen MR) is 80.0 cm³/mol. The Morgan fingerprint density at radius 3 is 2.48 bits per heavy atom. The average Bonchev–Trinajstić information content (AvgIpc) is 2.85. The van der Waals surface area contributed by atoms with Crippen molar-refractivity contribution in [2.45, 2.75) is 6.36 Å². The van der Waals surface area contributed by atoms with Gasteiger partial charge in [-0.3, -0.25) is 4.62 Å². The van der Waals surface area contributed by atoms with Gasteiger partial charge in [0.2, 0.25) is 0 Å². The van der Waals surface area contributed by atoms with E-state index in [2.05, 4.69) is 9.36 Å². The lowest BCUT2D eigenvalue weighted by molar-refractivity contribution is -0.274. The van der Waals surface area contributed by atoms with E-state index in [1.54, 1.807) is 36.5 Å². The molecule has 0 amide bonds. The number of aromatic nitrogens is 1. The molecule has 9 heteroatoms. The highest BCUT2D eigenvalue weighted by molar-refractivity contribution is 7.60. The molecule has 0 saturated carbocycles. The van der Waals surface area contributed by atoms with Crippen LogP contribution in [0.1, 0.15) is 5.69 Å². The molecule has 0 saturated heterocycles. The van der Waals surface area contributed by atoms with Crippen molar-refractivity contribution in [3.05, 3.63) is 36.0 Å². The van der Waals surface area contributed by atoms with Gasteiger partial charge in [-0.05, 0) is 30.9 Å². The summed E-state index contributed by atoms with van der Waals surface area (Å²) in [6.07, 6.45) is -4.83. The third-order valence-corrected chi connectivity index (χ3v) is 4.58. The van der Waals surface area contributed by atoms with Crippen LogP contribution in [0.25, 0.3) is 11.3 Å². The van der Waals surface area contributed by atoms with E-state index in [-0.39, 0.29) is 11.1 Å². The number of nitrogens with zero attached hydrogens (tertiary/aromatic N) is 2. The van der Waals surface area contributed by atoms with Gasteiger partial charge in [0, 0.05) is 23.6 Å². The molecule has 1 heterocycles. The minimum Gasteiger partial charge on any atom is -0.405 e. The van der Waals surface area contributed by atoms with Crippen LogP contribution >= 0.6 is 8.15 Å². The molecule has 2 N–H and O–H groups in total. The van der Waals surface area contributed by atoms with E-state index in [1.807, 2.05) is 6.07 Å². The highest BCUT2D eigenvalue weighted by Crippen LogP contribution is 2.37. The Kier molecular flexibility index (Phi) is 4.95. The maximum atomic E-state index is 12.6. The molecule has 0 aliphatic rings. The molecule has 1 atom stereocenters. The molecular weight excluding hydrogens is 330 g/mol. The third kappa shape index (κ3) is 3.82. The number of alkyl halides is 3. The van der Waals surface area contributed by atoms with Crippen molar-refractivity contribution >= 4 is 13.5 Å². The van der Waals surface area contributed by atoms with Gasteiger partial charge in [-0.1, -0.05) is 6.07 Å². The normalized spacial score (nSPS) is 12.7. The highest BCUT2D eigenvalue weighted by Gasteiger charge is 2.33. The molecular formula is C14H13F3N3O2P. The molecule has 1 aromatic carbocycles. The van der Waals surface area contributed by atoms with Gasteiger partial charge in [0.15, 0.2) is 0 Å². The summed E-state index contributed by atoms with van der Waals surface area (Å²) in [5.74, 6) is 4.72. The quantitative estimate of drug-likeness (QED) is 0.684. The van der Waals surface area contributed by atoms with E-state index in [0.29, 0.717) is 17.0 Å². The smallest absolute Gasteiger partial charge is 0.405 e. The topological polar surface area (TPSA) is 73.2 Å². The van der Waals surface area contributed by atoms with Crippen LogP contribution in [0, 0.1) is 11.3 Å². The molecule has 122 valence electrons. The first-order valence-corrected chi connectivity index (χ1v) is 8.04. The van der Waals surface area contributed by atoms with Crippen LogP contribution in [0.4, 0.5) is 13.2 Å². The zero-order valence-electron chi connectivity index (χ0n) is 12.3. The van der Waals surface area contributed by atoms with E-state index in [0.717, 1.165) is 0 Å². The molecule has 0 aliphatic heterocycles. The van der Waals surface area contributed by atoms with Crippen molar-refractivity contribution in [3.63, 3.8) is 0 Å². The maximum Gasteiger partial charge on any atom is 0.573 e. The van der Waals surface area contributed by atoms with Crippen molar-refractivity contribution < 1.29 is 22.5 Å². The van der Waals surface area contributed by atoms with Crippen LogP contribution in [0.2, 0.25) is 0 Å². The van der Waals surface area contributed by atoms with Crippen LogP contribution in [0.3, 0.4) is 0 Å². The van der Waals surface area contributed by atoms with Crippen LogP contribution in [-0.2, 0) is 11.7 Å². The number of hydrogen-bond acceptors (Lipinski definition) is 4. The van der Waals surface area contributed by atoms with E-state index < -0.39 is 14.5 Å². The number of rotatable bonds is 4. The van der Waals surface area contributed by atoms with E-state index in [9.17, 15) is 13.2 Å². The zero-order valence-corrected chi connectivity index (χ0v) is 13.2. The molecule has 0 aliphatic carbocycles. The molecule has 2 rings (SSSR count).